The summed E-state index contributed by atoms with van der Waals surface area (Å²) >= 11 is 0. The molecule has 2 N–H and O–H groups in total. The van der Waals surface area contributed by atoms with Gasteiger partial charge in [0.15, 0.2) is 0 Å². The standard InChI is InChI=1S/C15H24N2O3/c1-12-6-4-7-13(2)14(12)20-10-5-8-16-15(18)17-9-11-19-3/h4,6-7H,5,8-11H2,1-3H3,(H2,16,17,18). The third-order valence-corrected chi connectivity index (χ3v) is 2.85. The highest BCUT2D eigenvalue weighted by Gasteiger charge is 2.03. The van der Waals surface area contributed by atoms with Crippen molar-refractivity contribution in [1.29, 1.82) is 0 Å². The van der Waals surface area contributed by atoms with E-state index >= 15 is 0 Å². The first-order chi connectivity index (χ1) is 9.65. The third-order valence-electron chi connectivity index (χ3n) is 2.85. The molecule has 1 aromatic carbocycles. The average molecular weight is 280 g/mol. The Labute approximate surface area is 120 Å². The van der Waals surface area contributed by atoms with Gasteiger partial charge in [-0.3, -0.25) is 0 Å². The van der Waals surface area contributed by atoms with Crippen LogP contribution in [-0.2, 0) is 4.74 Å². The Morgan fingerprint density at radius 3 is 2.40 bits per heavy atom. The van der Waals surface area contributed by atoms with Crippen LogP contribution in [0.5, 0.6) is 5.75 Å². The van der Waals surface area contributed by atoms with Crippen molar-refractivity contribution in [2.24, 2.45) is 0 Å². The van der Waals surface area contributed by atoms with Gasteiger partial charge in [-0.2, -0.15) is 0 Å². The van der Waals surface area contributed by atoms with Crippen LogP contribution in [0.3, 0.4) is 0 Å². The number of methoxy groups -OCH3 is 1. The summed E-state index contributed by atoms with van der Waals surface area (Å²) in [4.78, 5) is 11.3. The van der Waals surface area contributed by atoms with Crippen LogP contribution < -0.4 is 15.4 Å². The minimum absolute atomic E-state index is 0.172. The molecule has 1 aromatic rings. The van der Waals surface area contributed by atoms with Gasteiger partial charge in [0.05, 0.1) is 13.2 Å². The largest absolute Gasteiger partial charge is 0.493 e. The molecule has 0 unspecified atom stereocenters. The first kappa shape index (κ1) is 16.3. The number of carbonyl (C=O) groups is 1. The number of nitrogens with one attached hydrogen (secondary N) is 2. The van der Waals surface area contributed by atoms with E-state index in [1.54, 1.807) is 7.11 Å². The molecule has 0 radical (unpaired) electrons. The highest BCUT2D eigenvalue weighted by Crippen LogP contribution is 2.22. The molecule has 0 saturated carbocycles. The number of amides is 2. The lowest BCUT2D eigenvalue weighted by Gasteiger charge is -2.12. The van der Waals surface area contributed by atoms with Crippen molar-refractivity contribution in [1.82, 2.24) is 10.6 Å². The zero-order valence-corrected chi connectivity index (χ0v) is 12.5. The molecule has 0 saturated heterocycles. The van der Waals surface area contributed by atoms with Crippen LogP contribution in [0, 0.1) is 13.8 Å². The summed E-state index contributed by atoms with van der Waals surface area (Å²) < 4.78 is 10.6. The predicted molar refractivity (Wildman–Crippen MR) is 79.3 cm³/mol. The molecule has 2 amide bonds. The normalized spacial score (nSPS) is 10.2. The maximum atomic E-state index is 11.3. The molecule has 0 fully saturated rings. The molecular weight excluding hydrogens is 256 g/mol. The quantitative estimate of drug-likeness (QED) is 0.716. The van der Waals surface area contributed by atoms with Crippen LogP contribution >= 0.6 is 0 Å². The zero-order valence-electron chi connectivity index (χ0n) is 12.5. The number of benzene rings is 1. The van der Waals surface area contributed by atoms with E-state index in [1.165, 1.54) is 0 Å². The van der Waals surface area contributed by atoms with E-state index in [4.69, 9.17) is 9.47 Å². The molecule has 5 heteroatoms. The van der Waals surface area contributed by atoms with Gasteiger partial charge < -0.3 is 20.1 Å². The molecule has 0 spiro atoms. The molecule has 1 rings (SSSR count). The predicted octanol–water partition coefficient (Wildman–Crippen LogP) is 2.02. The molecule has 112 valence electrons. The van der Waals surface area contributed by atoms with Gasteiger partial charge in [0, 0.05) is 20.2 Å². The van der Waals surface area contributed by atoms with Crippen LogP contribution in [0.1, 0.15) is 17.5 Å². The van der Waals surface area contributed by atoms with Crippen molar-refractivity contribution >= 4 is 6.03 Å². The monoisotopic (exact) mass is 280 g/mol. The van der Waals surface area contributed by atoms with Crippen LogP contribution in [0.15, 0.2) is 18.2 Å². The number of ether oxygens (including phenoxy) is 2. The number of carbonyl (C=O) groups excluding carboxylic acids is 1. The molecule has 0 aliphatic carbocycles. The fourth-order valence-corrected chi connectivity index (χ4v) is 1.80. The van der Waals surface area contributed by atoms with Crippen LogP contribution in [0.4, 0.5) is 4.79 Å². The van der Waals surface area contributed by atoms with E-state index in [0.29, 0.717) is 26.3 Å². The number of urea groups is 1. The van der Waals surface area contributed by atoms with Crippen molar-refractivity contribution in [3.05, 3.63) is 29.3 Å². The van der Waals surface area contributed by atoms with Crippen molar-refractivity contribution in [2.45, 2.75) is 20.3 Å². The second-order valence-electron chi connectivity index (χ2n) is 4.60. The average Bonchev–Trinajstić information content (AvgIpc) is 2.41. The Bertz CT molecular complexity index is 401. The maximum Gasteiger partial charge on any atom is 0.314 e. The lowest BCUT2D eigenvalue weighted by Crippen LogP contribution is -2.38. The fraction of sp³-hybridized carbons (Fsp3) is 0.533. The highest BCUT2D eigenvalue weighted by atomic mass is 16.5. The van der Waals surface area contributed by atoms with Crippen LogP contribution in [-0.4, -0.2) is 39.4 Å². The van der Waals surface area contributed by atoms with Crippen LogP contribution in [0.2, 0.25) is 0 Å². The summed E-state index contributed by atoms with van der Waals surface area (Å²) in [6.07, 6.45) is 0.769. The first-order valence-electron chi connectivity index (χ1n) is 6.84. The van der Waals surface area contributed by atoms with Gasteiger partial charge in [-0.15, -0.1) is 0 Å². The summed E-state index contributed by atoms with van der Waals surface area (Å²) in [6, 6.07) is 5.91. The molecule has 0 aromatic heterocycles. The Morgan fingerprint density at radius 2 is 1.75 bits per heavy atom. The molecule has 20 heavy (non-hydrogen) atoms. The molecule has 5 nitrogen and oxygen atoms in total. The van der Waals surface area contributed by atoms with Gasteiger partial charge in [-0.05, 0) is 31.4 Å². The number of rotatable bonds is 8. The van der Waals surface area contributed by atoms with E-state index in [2.05, 4.69) is 10.6 Å². The van der Waals surface area contributed by atoms with Crippen molar-refractivity contribution < 1.29 is 14.3 Å². The van der Waals surface area contributed by atoms with Gasteiger partial charge >= 0.3 is 6.03 Å². The maximum absolute atomic E-state index is 11.3. The summed E-state index contributed by atoms with van der Waals surface area (Å²) in [5, 5.41) is 5.47. The second-order valence-corrected chi connectivity index (χ2v) is 4.60. The van der Waals surface area contributed by atoms with E-state index in [9.17, 15) is 4.79 Å². The Balaban J connectivity index is 2.14. The topological polar surface area (TPSA) is 59.6 Å². The zero-order chi connectivity index (χ0) is 14.8. The Hall–Kier alpha value is -1.75. The molecular formula is C15H24N2O3. The molecule has 0 aliphatic rings. The first-order valence-corrected chi connectivity index (χ1v) is 6.84. The molecule has 0 bridgehead atoms. The van der Waals surface area contributed by atoms with E-state index in [0.717, 1.165) is 23.3 Å². The highest BCUT2D eigenvalue weighted by molar-refractivity contribution is 5.73. The molecule has 0 atom stereocenters. The number of hydrogen-bond donors (Lipinski definition) is 2. The lowest BCUT2D eigenvalue weighted by molar-refractivity contribution is 0.195. The smallest absolute Gasteiger partial charge is 0.314 e. The number of aryl methyl sites for hydroxylation is 2. The summed E-state index contributed by atoms with van der Waals surface area (Å²) in [7, 11) is 1.60. The van der Waals surface area contributed by atoms with E-state index in [-0.39, 0.29) is 6.03 Å². The summed E-state index contributed by atoms with van der Waals surface area (Å²) in [5.74, 6) is 0.942. The van der Waals surface area contributed by atoms with Crippen molar-refractivity contribution in [3.8, 4) is 5.75 Å². The van der Waals surface area contributed by atoms with Gasteiger partial charge in [-0.1, -0.05) is 18.2 Å². The van der Waals surface area contributed by atoms with Gasteiger partial charge in [0.25, 0.3) is 0 Å². The number of para-hydroxylation sites is 1. The van der Waals surface area contributed by atoms with Gasteiger partial charge in [0.1, 0.15) is 5.75 Å². The minimum atomic E-state index is -0.172. The minimum Gasteiger partial charge on any atom is -0.493 e. The molecule has 0 heterocycles. The Kier molecular flexibility index (Phi) is 7.50. The number of hydrogen-bond acceptors (Lipinski definition) is 3. The molecule has 0 aliphatic heterocycles. The second kappa shape index (κ2) is 9.20. The van der Waals surface area contributed by atoms with E-state index in [1.807, 2.05) is 32.0 Å². The van der Waals surface area contributed by atoms with Gasteiger partial charge in [0.2, 0.25) is 0 Å². The lowest BCUT2D eigenvalue weighted by atomic mass is 10.1. The third kappa shape index (κ3) is 5.93. The fourth-order valence-electron chi connectivity index (χ4n) is 1.80. The van der Waals surface area contributed by atoms with E-state index < -0.39 is 0 Å². The Morgan fingerprint density at radius 1 is 1.10 bits per heavy atom. The van der Waals surface area contributed by atoms with Crippen LogP contribution in [0.25, 0.3) is 0 Å². The summed E-state index contributed by atoms with van der Waals surface area (Å²) in [5.41, 5.74) is 2.27. The van der Waals surface area contributed by atoms with Gasteiger partial charge in [-0.25, -0.2) is 4.79 Å². The van der Waals surface area contributed by atoms with Crippen molar-refractivity contribution in [3.63, 3.8) is 0 Å². The summed E-state index contributed by atoms with van der Waals surface area (Å²) in [6.45, 7) is 6.27. The van der Waals surface area contributed by atoms with Crippen molar-refractivity contribution in [2.75, 3.05) is 33.4 Å². The SMILES string of the molecule is COCCNC(=O)NCCCOc1c(C)cccc1C.